The van der Waals surface area contributed by atoms with Crippen molar-refractivity contribution in [2.24, 2.45) is 0 Å². The first-order chi connectivity index (χ1) is 7.66. The highest BCUT2D eigenvalue weighted by Crippen LogP contribution is 2.35. The number of aryl methyl sites for hydroxylation is 1. The minimum atomic E-state index is 0.216. The normalized spacial score (nSPS) is 14.2. The Kier molecular flexibility index (Phi) is 2.08. The monoisotopic (exact) mass is 250 g/mol. The molecule has 0 saturated carbocycles. The van der Waals surface area contributed by atoms with Crippen molar-refractivity contribution in [1.29, 1.82) is 0 Å². The summed E-state index contributed by atoms with van der Waals surface area (Å²) in [5, 5.41) is 0.959. The molecule has 1 aliphatic carbocycles. The Bertz CT molecular complexity index is 647. The first kappa shape index (κ1) is 9.92. The van der Waals surface area contributed by atoms with Crippen molar-refractivity contribution in [2.75, 3.05) is 11.5 Å². The van der Waals surface area contributed by atoms with Gasteiger partial charge in [-0.2, -0.15) is 4.98 Å². The SMILES string of the molecule is Nc1nc(N)c2c3c(c(=S)sc2n1)CCC3. The van der Waals surface area contributed by atoms with Crippen LogP contribution in [-0.2, 0) is 12.8 Å². The summed E-state index contributed by atoms with van der Waals surface area (Å²) >= 11 is 6.85. The Morgan fingerprint density at radius 2 is 1.88 bits per heavy atom. The zero-order valence-electron chi connectivity index (χ0n) is 8.49. The van der Waals surface area contributed by atoms with E-state index in [1.807, 2.05) is 0 Å². The maximum atomic E-state index is 5.92. The van der Waals surface area contributed by atoms with E-state index >= 15 is 0 Å². The molecule has 0 fully saturated rings. The first-order valence-corrected chi connectivity index (χ1v) is 6.27. The zero-order chi connectivity index (χ0) is 11.3. The summed E-state index contributed by atoms with van der Waals surface area (Å²) in [5.74, 6) is 0.695. The fraction of sp³-hybridized carbons (Fsp3) is 0.300. The highest BCUT2D eigenvalue weighted by Gasteiger charge is 2.19. The van der Waals surface area contributed by atoms with Crippen LogP contribution in [0, 0.1) is 3.82 Å². The zero-order valence-corrected chi connectivity index (χ0v) is 10.1. The molecule has 3 rings (SSSR count). The molecule has 4 N–H and O–H groups in total. The topological polar surface area (TPSA) is 77.8 Å². The molecule has 0 saturated heterocycles. The number of hydrogen-bond acceptors (Lipinski definition) is 6. The van der Waals surface area contributed by atoms with Gasteiger partial charge in [-0.3, -0.25) is 0 Å². The van der Waals surface area contributed by atoms with Gasteiger partial charge in [-0.25, -0.2) is 4.98 Å². The molecule has 0 unspecified atom stereocenters. The number of hydrogen-bond donors (Lipinski definition) is 2. The maximum Gasteiger partial charge on any atom is 0.223 e. The lowest BCUT2D eigenvalue weighted by atomic mass is 10.1. The van der Waals surface area contributed by atoms with Crippen molar-refractivity contribution >= 4 is 45.5 Å². The van der Waals surface area contributed by atoms with E-state index < -0.39 is 0 Å². The van der Waals surface area contributed by atoms with Crippen LogP contribution in [0.2, 0.25) is 0 Å². The fourth-order valence-corrected chi connectivity index (χ4v) is 3.68. The number of nitrogens with zero attached hydrogens (tertiary/aromatic N) is 2. The molecule has 2 heterocycles. The van der Waals surface area contributed by atoms with Crippen molar-refractivity contribution < 1.29 is 0 Å². The quantitative estimate of drug-likeness (QED) is 0.700. The van der Waals surface area contributed by atoms with Crippen LogP contribution in [-0.4, -0.2) is 9.97 Å². The molecular weight excluding hydrogens is 240 g/mol. The van der Waals surface area contributed by atoms with Crippen LogP contribution in [0.3, 0.4) is 0 Å². The molecule has 2 aromatic rings. The van der Waals surface area contributed by atoms with Gasteiger partial charge < -0.3 is 11.5 Å². The minimum Gasteiger partial charge on any atom is -0.383 e. The Labute approximate surface area is 101 Å². The molecule has 0 radical (unpaired) electrons. The molecule has 0 spiro atoms. The number of anilines is 2. The number of nitrogens with two attached hydrogens (primary N) is 2. The standard InChI is InChI=1S/C10H10N4S2/c11-7-6-4-2-1-3-5(4)9(15)16-8(6)14-10(12)13-7/h1-3H2,(H4,11,12,13,14). The van der Waals surface area contributed by atoms with Gasteiger partial charge in [-0.05, 0) is 30.4 Å². The first-order valence-electron chi connectivity index (χ1n) is 5.04. The Hall–Kier alpha value is -1.27. The van der Waals surface area contributed by atoms with Crippen molar-refractivity contribution in [3.05, 3.63) is 15.0 Å². The summed E-state index contributed by atoms with van der Waals surface area (Å²) in [6.07, 6.45) is 3.19. The van der Waals surface area contributed by atoms with Crippen LogP contribution in [0.5, 0.6) is 0 Å². The van der Waals surface area contributed by atoms with Gasteiger partial charge in [0.25, 0.3) is 0 Å². The van der Waals surface area contributed by atoms with Crippen molar-refractivity contribution in [3.63, 3.8) is 0 Å². The van der Waals surface area contributed by atoms with Gasteiger partial charge in [0.2, 0.25) is 5.95 Å². The van der Waals surface area contributed by atoms with Crippen molar-refractivity contribution in [2.45, 2.75) is 19.3 Å². The van der Waals surface area contributed by atoms with Crippen LogP contribution in [0.15, 0.2) is 0 Å². The van der Waals surface area contributed by atoms with E-state index in [9.17, 15) is 0 Å². The molecule has 6 heteroatoms. The average molecular weight is 250 g/mol. The number of rotatable bonds is 0. The van der Waals surface area contributed by atoms with Crippen LogP contribution in [0.25, 0.3) is 10.2 Å². The Balaban J connectivity index is 2.53. The van der Waals surface area contributed by atoms with E-state index in [0.29, 0.717) is 5.82 Å². The van der Waals surface area contributed by atoms with Crippen LogP contribution < -0.4 is 11.5 Å². The average Bonchev–Trinajstić information content (AvgIpc) is 2.65. The molecule has 2 aromatic heterocycles. The molecule has 4 nitrogen and oxygen atoms in total. The van der Waals surface area contributed by atoms with Gasteiger partial charge in [-0.15, -0.1) is 11.3 Å². The largest absolute Gasteiger partial charge is 0.383 e. The summed E-state index contributed by atoms with van der Waals surface area (Å²) in [7, 11) is 0. The van der Waals surface area contributed by atoms with Crippen molar-refractivity contribution in [1.82, 2.24) is 9.97 Å². The van der Waals surface area contributed by atoms with E-state index in [4.69, 9.17) is 23.7 Å². The van der Waals surface area contributed by atoms with Crippen LogP contribution >= 0.6 is 23.6 Å². The second-order valence-electron chi connectivity index (χ2n) is 3.85. The van der Waals surface area contributed by atoms with Crippen LogP contribution in [0.4, 0.5) is 11.8 Å². The third kappa shape index (κ3) is 1.30. The summed E-state index contributed by atoms with van der Waals surface area (Å²) in [5.41, 5.74) is 14.0. The van der Waals surface area contributed by atoms with E-state index in [2.05, 4.69) is 9.97 Å². The van der Waals surface area contributed by atoms with Gasteiger partial charge in [0.15, 0.2) is 0 Å². The predicted octanol–water partition coefficient (Wildman–Crippen LogP) is 2.07. The highest BCUT2D eigenvalue weighted by molar-refractivity contribution is 7.73. The molecule has 0 aromatic carbocycles. The van der Waals surface area contributed by atoms with Gasteiger partial charge in [-0.1, -0.05) is 12.2 Å². The Morgan fingerprint density at radius 1 is 1.12 bits per heavy atom. The number of aromatic nitrogens is 2. The van der Waals surface area contributed by atoms with Crippen molar-refractivity contribution in [3.8, 4) is 0 Å². The lowest BCUT2D eigenvalue weighted by molar-refractivity contribution is 0.913. The van der Waals surface area contributed by atoms with E-state index in [1.165, 1.54) is 22.5 Å². The van der Waals surface area contributed by atoms with Gasteiger partial charge in [0.05, 0.1) is 9.21 Å². The summed E-state index contributed by atoms with van der Waals surface area (Å²) in [4.78, 5) is 9.05. The van der Waals surface area contributed by atoms with E-state index in [-0.39, 0.29) is 5.95 Å². The fourth-order valence-electron chi connectivity index (χ4n) is 2.23. The summed E-state index contributed by atoms with van der Waals surface area (Å²) in [6.45, 7) is 0. The minimum absolute atomic E-state index is 0.216. The lowest BCUT2D eigenvalue weighted by Crippen LogP contribution is -2.02. The molecule has 0 bridgehead atoms. The van der Waals surface area contributed by atoms with E-state index in [0.717, 1.165) is 33.3 Å². The number of fused-ring (bicyclic) bond motifs is 3. The molecule has 1 aliphatic rings. The molecule has 16 heavy (non-hydrogen) atoms. The van der Waals surface area contributed by atoms with Gasteiger partial charge in [0.1, 0.15) is 10.6 Å². The number of nitrogen functional groups attached to an aromatic ring is 2. The van der Waals surface area contributed by atoms with Gasteiger partial charge in [0, 0.05) is 0 Å². The molecule has 0 amide bonds. The highest BCUT2D eigenvalue weighted by atomic mass is 32.1. The summed E-state index contributed by atoms with van der Waals surface area (Å²) in [6, 6.07) is 0. The second-order valence-corrected chi connectivity index (χ2v) is 5.51. The maximum absolute atomic E-state index is 5.92. The third-order valence-corrected chi connectivity index (χ3v) is 4.29. The lowest BCUT2D eigenvalue weighted by Gasteiger charge is -2.07. The van der Waals surface area contributed by atoms with E-state index in [1.54, 1.807) is 0 Å². The smallest absolute Gasteiger partial charge is 0.223 e. The summed E-state index contributed by atoms with van der Waals surface area (Å²) < 4.78 is 0.914. The third-order valence-electron chi connectivity index (χ3n) is 2.88. The Morgan fingerprint density at radius 3 is 2.69 bits per heavy atom. The molecular formula is C10H10N4S2. The molecule has 0 atom stereocenters. The molecule has 0 aliphatic heterocycles. The van der Waals surface area contributed by atoms with Crippen LogP contribution in [0.1, 0.15) is 17.5 Å². The second kappa shape index (κ2) is 3.36. The molecule has 82 valence electrons. The predicted molar refractivity (Wildman–Crippen MR) is 69.1 cm³/mol. The van der Waals surface area contributed by atoms with Gasteiger partial charge >= 0.3 is 0 Å².